The Hall–Kier alpha value is -1.45. The molecule has 0 saturated heterocycles. The van der Waals surface area contributed by atoms with Gasteiger partial charge in [-0.05, 0) is 42.8 Å². The number of hydrogen-bond donors (Lipinski definition) is 1. The van der Waals surface area contributed by atoms with Gasteiger partial charge in [0.25, 0.3) is 0 Å². The third kappa shape index (κ3) is 4.30. The summed E-state index contributed by atoms with van der Waals surface area (Å²) in [5.41, 5.74) is 8.68. The van der Waals surface area contributed by atoms with Gasteiger partial charge in [0.15, 0.2) is 0 Å². The summed E-state index contributed by atoms with van der Waals surface area (Å²) in [6.07, 6.45) is 1.70. The van der Waals surface area contributed by atoms with E-state index in [9.17, 15) is 4.39 Å². The van der Waals surface area contributed by atoms with Gasteiger partial charge < -0.3 is 5.73 Å². The predicted octanol–water partition coefficient (Wildman–Crippen LogP) is 3.59. The van der Waals surface area contributed by atoms with Crippen LogP contribution < -0.4 is 5.73 Å². The van der Waals surface area contributed by atoms with Crippen molar-refractivity contribution in [2.75, 3.05) is 0 Å². The maximum absolute atomic E-state index is 12.9. The van der Waals surface area contributed by atoms with E-state index in [-0.39, 0.29) is 24.3 Å². The SMILES string of the molecule is CCC(N)Cc1cccc(-c2ccc(F)cc2)n1.Cl. The van der Waals surface area contributed by atoms with Crippen LogP contribution in [0, 0.1) is 5.82 Å². The van der Waals surface area contributed by atoms with Crippen LogP contribution in [0.4, 0.5) is 4.39 Å². The predicted molar refractivity (Wildman–Crippen MR) is 78.8 cm³/mol. The summed E-state index contributed by atoms with van der Waals surface area (Å²) in [5, 5.41) is 0. The Morgan fingerprint density at radius 1 is 1.16 bits per heavy atom. The van der Waals surface area contributed by atoms with E-state index >= 15 is 0 Å². The van der Waals surface area contributed by atoms with Gasteiger partial charge in [-0.3, -0.25) is 4.98 Å². The Morgan fingerprint density at radius 3 is 2.47 bits per heavy atom. The molecule has 1 atom stereocenters. The zero-order chi connectivity index (χ0) is 13.0. The number of aromatic nitrogens is 1. The fourth-order valence-corrected chi connectivity index (χ4v) is 1.79. The minimum absolute atomic E-state index is 0. The highest BCUT2D eigenvalue weighted by Crippen LogP contribution is 2.18. The molecule has 0 bridgehead atoms. The topological polar surface area (TPSA) is 38.9 Å². The molecule has 0 saturated carbocycles. The van der Waals surface area contributed by atoms with Crippen molar-refractivity contribution in [3.8, 4) is 11.3 Å². The molecule has 0 aliphatic carbocycles. The van der Waals surface area contributed by atoms with Crippen LogP contribution in [-0.4, -0.2) is 11.0 Å². The number of halogens is 2. The Labute approximate surface area is 119 Å². The lowest BCUT2D eigenvalue weighted by molar-refractivity contribution is 0.628. The smallest absolute Gasteiger partial charge is 0.123 e. The summed E-state index contributed by atoms with van der Waals surface area (Å²) < 4.78 is 12.9. The highest BCUT2D eigenvalue weighted by molar-refractivity contribution is 5.85. The minimum atomic E-state index is -0.233. The average molecular weight is 281 g/mol. The first-order chi connectivity index (χ1) is 8.69. The summed E-state index contributed by atoms with van der Waals surface area (Å²) in [7, 11) is 0. The molecule has 2 nitrogen and oxygen atoms in total. The first kappa shape index (κ1) is 15.6. The van der Waals surface area contributed by atoms with Crippen molar-refractivity contribution >= 4 is 12.4 Å². The maximum Gasteiger partial charge on any atom is 0.123 e. The Morgan fingerprint density at radius 2 is 1.84 bits per heavy atom. The van der Waals surface area contributed by atoms with E-state index in [4.69, 9.17) is 5.73 Å². The average Bonchev–Trinajstić information content (AvgIpc) is 2.40. The lowest BCUT2D eigenvalue weighted by atomic mass is 10.1. The zero-order valence-corrected chi connectivity index (χ0v) is 11.7. The molecule has 1 heterocycles. The van der Waals surface area contributed by atoms with Crippen LogP contribution in [0.1, 0.15) is 19.0 Å². The largest absolute Gasteiger partial charge is 0.327 e. The van der Waals surface area contributed by atoms with Crippen molar-refractivity contribution in [1.82, 2.24) is 4.98 Å². The van der Waals surface area contributed by atoms with Gasteiger partial charge in [0, 0.05) is 23.7 Å². The minimum Gasteiger partial charge on any atom is -0.327 e. The lowest BCUT2D eigenvalue weighted by Gasteiger charge is -2.09. The summed E-state index contributed by atoms with van der Waals surface area (Å²) in [6.45, 7) is 2.06. The molecule has 0 spiro atoms. The van der Waals surface area contributed by atoms with Gasteiger partial charge in [-0.2, -0.15) is 0 Å². The number of pyridine rings is 1. The summed E-state index contributed by atoms with van der Waals surface area (Å²) in [6, 6.07) is 12.4. The van der Waals surface area contributed by atoms with E-state index in [1.54, 1.807) is 12.1 Å². The highest BCUT2D eigenvalue weighted by atomic mass is 35.5. The molecule has 102 valence electrons. The fourth-order valence-electron chi connectivity index (χ4n) is 1.79. The van der Waals surface area contributed by atoms with Gasteiger partial charge in [-0.25, -0.2) is 4.39 Å². The molecule has 1 unspecified atom stereocenters. The molecule has 1 aromatic heterocycles. The summed E-state index contributed by atoms with van der Waals surface area (Å²) in [5.74, 6) is -0.233. The normalized spacial score (nSPS) is 11.7. The second kappa shape index (κ2) is 7.22. The van der Waals surface area contributed by atoms with Crippen molar-refractivity contribution in [3.63, 3.8) is 0 Å². The quantitative estimate of drug-likeness (QED) is 0.929. The van der Waals surface area contributed by atoms with Gasteiger partial charge in [-0.1, -0.05) is 13.0 Å². The Balaban J connectivity index is 0.00000180. The van der Waals surface area contributed by atoms with E-state index in [0.717, 1.165) is 29.8 Å². The molecule has 0 radical (unpaired) electrons. The number of benzene rings is 1. The third-order valence-corrected chi connectivity index (χ3v) is 2.94. The molecule has 2 N–H and O–H groups in total. The van der Waals surface area contributed by atoms with Crippen LogP contribution in [0.15, 0.2) is 42.5 Å². The van der Waals surface area contributed by atoms with Crippen molar-refractivity contribution in [2.24, 2.45) is 5.73 Å². The van der Waals surface area contributed by atoms with E-state index < -0.39 is 0 Å². The molecule has 19 heavy (non-hydrogen) atoms. The van der Waals surface area contributed by atoms with Crippen molar-refractivity contribution < 1.29 is 4.39 Å². The standard InChI is InChI=1S/C15H17FN2.ClH/c1-2-13(17)10-14-4-3-5-15(18-14)11-6-8-12(16)9-7-11;/h3-9,13H,2,10,17H2,1H3;1H. The molecule has 0 amide bonds. The first-order valence-corrected chi connectivity index (χ1v) is 6.16. The second-order valence-electron chi connectivity index (χ2n) is 4.39. The van der Waals surface area contributed by atoms with Crippen LogP contribution >= 0.6 is 12.4 Å². The molecule has 2 rings (SSSR count). The van der Waals surface area contributed by atoms with Crippen LogP contribution in [0.2, 0.25) is 0 Å². The van der Waals surface area contributed by atoms with Crippen molar-refractivity contribution in [2.45, 2.75) is 25.8 Å². The lowest BCUT2D eigenvalue weighted by Crippen LogP contribution is -2.21. The van der Waals surface area contributed by atoms with Gasteiger partial charge in [0.05, 0.1) is 5.69 Å². The zero-order valence-electron chi connectivity index (χ0n) is 10.8. The van der Waals surface area contributed by atoms with Crippen LogP contribution in [0.3, 0.4) is 0 Å². The molecule has 0 fully saturated rings. The van der Waals surface area contributed by atoms with E-state index in [1.165, 1.54) is 12.1 Å². The van der Waals surface area contributed by atoms with Crippen molar-refractivity contribution in [1.29, 1.82) is 0 Å². The third-order valence-electron chi connectivity index (χ3n) is 2.94. The fraction of sp³-hybridized carbons (Fsp3) is 0.267. The van der Waals surface area contributed by atoms with E-state index in [0.29, 0.717) is 0 Å². The molecule has 0 aliphatic heterocycles. The molecule has 0 aliphatic rings. The molecular formula is C15H18ClFN2. The number of hydrogen-bond acceptors (Lipinski definition) is 2. The van der Waals surface area contributed by atoms with Gasteiger partial charge in [0.2, 0.25) is 0 Å². The second-order valence-corrected chi connectivity index (χ2v) is 4.39. The van der Waals surface area contributed by atoms with Gasteiger partial charge in [0.1, 0.15) is 5.82 Å². The summed E-state index contributed by atoms with van der Waals surface area (Å²) >= 11 is 0. The monoisotopic (exact) mass is 280 g/mol. The van der Waals surface area contributed by atoms with E-state index in [1.807, 2.05) is 18.2 Å². The maximum atomic E-state index is 12.9. The van der Waals surface area contributed by atoms with E-state index in [2.05, 4.69) is 11.9 Å². The van der Waals surface area contributed by atoms with Crippen LogP contribution in [-0.2, 0) is 6.42 Å². The molecule has 2 aromatic rings. The van der Waals surface area contributed by atoms with Crippen LogP contribution in [0.25, 0.3) is 11.3 Å². The first-order valence-electron chi connectivity index (χ1n) is 6.16. The van der Waals surface area contributed by atoms with Crippen LogP contribution in [0.5, 0.6) is 0 Å². The molecule has 4 heteroatoms. The van der Waals surface area contributed by atoms with Crippen molar-refractivity contribution in [3.05, 3.63) is 54.0 Å². The Bertz CT molecular complexity index is 514. The number of rotatable bonds is 4. The summed E-state index contributed by atoms with van der Waals surface area (Å²) in [4.78, 5) is 4.56. The number of nitrogens with zero attached hydrogens (tertiary/aromatic N) is 1. The Kier molecular flexibility index (Phi) is 5.93. The van der Waals surface area contributed by atoms with Gasteiger partial charge in [-0.15, -0.1) is 12.4 Å². The molecular weight excluding hydrogens is 263 g/mol. The highest BCUT2D eigenvalue weighted by Gasteiger charge is 2.05. The molecule has 1 aromatic carbocycles. The van der Waals surface area contributed by atoms with Gasteiger partial charge >= 0.3 is 0 Å². The number of nitrogens with two attached hydrogens (primary N) is 1.